The lowest BCUT2D eigenvalue weighted by molar-refractivity contribution is 0.573. The summed E-state index contributed by atoms with van der Waals surface area (Å²) in [5.41, 5.74) is 2.88. The van der Waals surface area contributed by atoms with Crippen molar-refractivity contribution in [1.29, 1.82) is 0 Å². The van der Waals surface area contributed by atoms with Crippen LogP contribution in [0.15, 0.2) is 70.7 Å². The molecule has 7 heteroatoms. The van der Waals surface area contributed by atoms with Crippen molar-refractivity contribution < 1.29 is 4.42 Å². The first kappa shape index (κ1) is 17.5. The Morgan fingerprint density at radius 1 is 1.00 bits per heavy atom. The lowest BCUT2D eigenvalue weighted by Gasteiger charge is -2.08. The predicted molar refractivity (Wildman–Crippen MR) is 105 cm³/mol. The summed E-state index contributed by atoms with van der Waals surface area (Å²) in [6, 6.07) is 13.8. The second kappa shape index (κ2) is 8.18. The van der Waals surface area contributed by atoms with E-state index in [1.54, 1.807) is 30.4 Å². The quantitative estimate of drug-likeness (QED) is 0.435. The number of benzene rings is 1. The monoisotopic (exact) mass is 377 g/mol. The van der Waals surface area contributed by atoms with E-state index >= 15 is 0 Å². The van der Waals surface area contributed by atoms with Crippen LogP contribution in [0.4, 0.5) is 0 Å². The van der Waals surface area contributed by atoms with E-state index in [2.05, 4.69) is 31.7 Å². The van der Waals surface area contributed by atoms with Crippen LogP contribution in [0.1, 0.15) is 19.0 Å². The van der Waals surface area contributed by atoms with E-state index in [1.165, 1.54) is 0 Å². The molecule has 4 aromatic rings. The fourth-order valence-corrected chi connectivity index (χ4v) is 3.60. The van der Waals surface area contributed by atoms with Crippen molar-refractivity contribution in [1.82, 2.24) is 24.7 Å². The molecule has 27 heavy (non-hydrogen) atoms. The molecule has 0 amide bonds. The van der Waals surface area contributed by atoms with Crippen molar-refractivity contribution in [3.8, 4) is 22.8 Å². The molecule has 6 nitrogen and oxygen atoms in total. The zero-order valence-corrected chi connectivity index (χ0v) is 15.8. The Hall–Kier alpha value is -2.93. The molecule has 0 unspecified atom stereocenters. The SMILES string of the molecule is CCCn1c(SCc2coc(-c3ccccc3)n2)nnc1-c1ccncc1. The second-order valence-corrected chi connectivity index (χ2v) is 6.93. The molecule has 0 atom stereocenters. The van der Waals surface area contributed by atoms with Crippen molar-refractivity contribution in [2.45, 2.75) is 30.8 Å². The van der Waals surface area contributed by atoms with Crippen molar-refractivity contribution in [2.75, 3.05) is 0 Å². The lowest BCUT2D eigenvalue weighted by Crippen LogP contribution is -2.02. The maximum absolute atomic E-state index is 5.62. The van der Waals surface area contributed by atoms with Crippen LogP contribution in [0.3, 0.4) is 0 Å². The molecule has 136 valence electrons. The molecule has 0 fully saturated rings. The number of pyridine rings is 1. The third kappa shape index (κ3) is 3.93. The number of hydrogen-bond donors (Lipinski definition) is 0. The number of rotatable bonds is 7. The van der Waals surface area contributed by atoms with Crippen molar-refractivity contribution >= 4 is 11.8 Å². The second-order valence-electron chi connectivity index (χ2n) is 5.99. The number of thioether (sulfide) groups is 1. The van der Waals surface area contributed by atoms with E-state index in [0.717, 1.165) is 40.8 Å². The molecule has 0 saturated heterocycles. The highest BCUT2D eigenvalue weighted by atomic mass is 32.2. The molecular weight excluding hydrogens is 358 g/mol. The minimum atomic E-state index is 0.638. The summed E-state index contributed by atoms with van der Waals surface area (Å²) in [6.07, 6.45) is 6.26. The number of oxazole rings is 1. The third-order valence-corrected chi connectivity index (χ3v) is 5.02. The summed E-state index contributed by atoms with van der Waals surface area (Å²) < 4.78 is 7.77. The highest BCUT2D eigenvalue weighted by molar-refractivity contribution is 7.98. The van der Waals surface area contributed by atoms with Gasteiger partial charge in [0, 0.05) is 35.8 Å². The molecule has 0 aliphatic rings. The van der Waals surface area contributed by atoms with Gasteiger partial charge < -0.3 is 8.98 Å². The zero-order chi connectivity index (χ0) is 18.5. The van der Waals surface area contributed by atoms with Gasteiger partial charge in [0.1, 0.15) is 6.26 Å². The Morgan fingerprint density at radius 3 is 2.59 bits per heavy atom. The van der Waals surface area contributed by atoms with Gasteiger partial charge in [-0.1, -0.05) is 36.9 Å². The fourth-order valence-electron chi connectivity index (χ4n) is 2.76. The summed E-state index contributed by atoms with van der Waals surface area (Å²) in [4.78, 5) is 8.66. The molecule has 3 heterocycles. The van der Waals surface area contributed by atoms with Gasteiger partial charge in [-0.05, 0) is 30.7 Å². The maximum atomic E-state index is 5.62. The minimum Gasteiger partial charge on any atom is -0.444 e. The summed E-state index contributed by atoms with van der Waals surface area (Å²) in [5.74, 6) is 2.18. The summed E-state index contributed by atoms with van der Waals surface area (Å²) in [6.45, 7) is 3.01. The van der Waals surface area contributed by atoms with Gasteiger partial charge in [0.25, 0.3) is 0 Å². The highest BCUT2D eigenvalue weighted by Crippen LogP contribution is 2.27. The number of hydrogen-bond acceptors (Lipinski definition) is 6. The normalized spacial score (nSPS) is 11.0. The van der Waals surface area contributed by atoms with Crippen LogP contribution in [-0.4, -0.2) is 24.7 Å². The lowest BCUT2D eigenvalue weighted by atomic mass is 10.2. The third-order valence-electron chi connectivity index (χ3n) is 4.02. The van der Waals surface area contributed by atoms with Crippen molar-refractivity contribution in [2.24, 2.45) is 0 Å². The van der Waals surface area contributed by atoms with E-state index in [-0.39, 0.29) is 0 Å². The number of nitrogens with zero attached hydrogens (tertiary/aromatic N) is 5. The average Bonchev–Trinajstić information content (AvgIpc) is 3.35. The highest BCUT2D eigenvalue weighted by Gasteiger charge is 2.15. The Bertz CT molecular complexity index is 998. The van der Waals surface area contributed by atoms with Crippen LogP contribution < -0.4 is 0 Å². The van der Waals surface area contributed by atoms with Crippen molar-refractivity contribution in [3.05, 3.63) is 66.8 Å². The Morgan fingerprint density at radius 2 is 1.81 bits per heavy atom. The van der Waals surface area contributed by atoms with Gasteiger partial charge in [0.05, 0.1) is 5.69 Å². The molecule has 0 N–H and O–H groups in total. The fraction of sp³-hybridized carbons (Fsp3) is 0.200. The summed E-state index contributed by atoms with van der Waals surface area (Å²) in [7, 11) is 0. The van der Waals surface area contributed by atoms with Crippen molar-refractivity contribution in [3.63, 3.8) is 0 Å². The Kier molecular flexibility index (Phi) is 5.29. The van der Waals surface area contributed by atoms with E-state index in [1.807, 2.05) is 42.5 Å². The molecule has 0 aliphatic carbocycles. The number of aromatic nitrogens is 5. The molecule has 4 rings (SSSR count). The topological polar surface area (TPSA) is 69.6 Å². The first-order valence-corrected chi connectivity index (χ1v) is 9.80. The maximum Gasteiger partial charge on any atom is 0.226 e. The smallest absolute Gasteiger partial charge is 0.226 e. The Balaban J connectivity index is 1.52. The van der Waals surface area contributed by atoms with E-state index in [9.17, 15) is 0 Å². The van der Waals surface area contributed by atoms with Gasteiger partial charge in [0.15, 0.2) is 11.0 Å². The van der Waals surface area contributed by atoms with Gasteiger partial charge in [0.2, 0.25) is 5.89 Å². The first-order valence-electron chi connectivity index (χ1n) is 8.81. The van der Waals surface area contributed by atoms with Crippen LogP contribution >= 0.6 is 11.8 Å². The van der Waals surface area contributed by atoms with Gasteiger partial charge in [-0.25, -0.2) is 4.98 Å². The van der Waals surface area contributed by atoms with Crippen LogP contribution in [0.5, 0.6) is 0 Å². The molecule has 0 radical (unpaired) electrons. The van der Waals surface area contributed by atoms with Crippen LogP contribution in [0.25, 0.3) is 22.8 Å². The molecular formula is C20H19N5OS. The van der Waals surface area contributed by atoms with Crippen LogP contribution in [0.2, 0.25) is 0 Å². The first-order chi connectivity index (χ1) is 13.3. The van der Waals surface area contributed by atoms with Gasteiger partial charge in [-0.3, -0.25) is 4.98 Å². The van der Waals surface area contributed by atoms with Gasteiger partial charge in [-0.15, -0.1) is 10.2 Å². The minimum absolute atomic E-state index is 0.638. The van der Waals surface area contributed by atoms with E-state index in [0.29, 0.717) is 11.6 Å². The van der Waals surface area contributed by atoms with Crippen LogP contribution in [-0.2, 0) is 12.3 Å². The Labute approximate surface area is 161 Å². The average molecular weight is 377 g/mol. The van der Waals surface area contributed by atoms with Gasteiger partial charge in [-0.2, -0.15) is 0 Å². The molecule has 0 aliphatic heterocycles. The molecule has 0 spiro atoms. The molecule has 0 bridgehead atoms. The predicted octanol–water partition coefficient (Wildman–Crippen LogP) is 4.70. The summed E-state index contributed by atoms with van der Waals surface area (Å²) in [5, 5.41) is 9.66. The largest absolute Gasteiger partial charge is 0.444 e. The summed E-state index contributed by atoms with van der Waals surface area (Å²) >= 11 is 1.62. The standard InChI is InChI=1S/C20H19N5OS/c1-2-12-25-18(15-8-10-21-11-9-15)23-24-20(25)27-14-17-13-26-19(22-17)16-6-4-3-5-7-16/h3-11,13H,2,12,14H2,1H3. The zero-order valence-electron chi connectivity index (χ0n) is 14.9. The molecule has 1 aromatic carbocycles. The van der Waals surface area contributed by atoms with Crippen LogP contribution in [0, 0.1) is 0 Å². The van der Waals surface area contributed by atoms with E-state index in [4.69, 9.17) is 4.42 Å². The van der Waals surface area contributed by atoms with Gasteiger partial charge >= 0.3 is 0 Å². The molecule has 3 aromatic heterocycles. The van der Waals surface area contributed by atoms with E-state index < -0.39 is 0 Å². The molecule has 0 saturated carbocycles.